The molecule has 0 fully saturated rings. The van der Waals surface area contributed by atoms with E-state index in [4.69, 9.17) is 14.5 Å². The van der Waals surface area contributed by atoms with Gasteiger partial charge in [0.1, 0.15) is 18.1 Å². The average molecular weight is 720 g/mol. The van der Waals surface area contributed by atoms with Crippen molar-refractivity contribution >= 4 is 54.7 Å². The van der Waals surface area contributed by atoms with Crippen LogP contribution in [0.5, 0.6) is 11.5 Å². The minimum atomic E-state index is -0.440. The molecule has 0 aliphatic heterocycles. The Morgan fingerprint density at radius 3 is 2.36 bits per heavy atom. The standard InChI is InChI=1S/C33H28Br2N4O5/c1-19(2)25-16-26(20(3)13-30(25)43-4)32-37-29-8-6-5-7-24(29)33(40)38(32)36-17-22-14-27(34)31(28(35)15-22)44-18-21-9-11-23(12-10-21)39(41)42/h5-17,19H,18H2,1-4H3. The number of nitrogens with zero attached hydrogens (tertiary/aromatic N) is 4. The van der Waals surface area contributed by atoms with Crippen LogP contribution in [0, 0.1) is 17.0 Å². The molecule has 0 unspecified atom stereocenters. The van der Waals surface area contributed by atoms with Crippen molar-refractivity contribution in [3.63, 3.8) is 0 Å². The topological polar surface area (TPSA) is 109 Å². The van der Waals surface area contributed by atoms with Gasteiger partial charge in [0.15, 0.2) is 5.82 Å². The number of nitro groups is 1. The number of ether oxygens (including phenoxy) is 2. The molecule has 9 nitrogen and oxygen atoms in total. The van der Waals surface area contributed by atoms with Crippen LogP contribution >= 0.6 is 31.9 Å². The first-order valence-corrected chi connectivity index (χ1v) is 15.3. The van der Waals surface area contributed by atoms with Gasteiger partial charge in [-0.3, -0.25) is 14.9 Å². The second-order valence-electron chi connectivity index (χ2n) is 10.4. The zero-order chi connectivity index (χ0) is 31.5. The lowest BCUT2D eigenvalue weighted by molar-refractivity contribution is -0.384. The summed E-state index contributed by atoms with van der Waals surface area (Å²) in [5.41, 5.74) is 4.49. The normalized spacial score (nSPS) is 11.4. The van der Waals surface area contributed by atoms with Crippen LogP contribution in [0.3, 0.4) is 0 Å². The molecular formula is C33H28Br2N4O5. The van der Waals surface area contributed by atoms with Gasteiger partial charge in [0.25, 0.3) is 11.2 Å². The van der Waals surface area contributed by atoms with E-state index in [-0.39, 0.29) is 23.8 Å². The Balaban J connectivity index is 1.52. The van der Waals surface area contributed by atoms with Crippen molar-refractivity contribution in [2.24, 2.45) is 5.10 Å². The maximum Gasteiger partial charge on any atom is 0.282 e. The van der Waals surface area contributed by atoms with E-state index in [9.17, 15) is 14.9 Å². The first-order valence-electron chi connectivity index (χ1n) is 13.7. The average Bonchev–Trinajstić information content (AvgIpc) is 3.00. The number of non-ortho nitro benzene ring substituents is 1. The van der Waals surface area contributed by atoms with Crippen LogP contribution in [-0.2, 0) is 6.61 Å². The molecule has 0 saturated carbocycles. The predicted molar refractivity (Wildman–Crippen MR) is 179 cm³/mol. The van der Waals surface area contributed by atoms with E-state index in [0.29, 0.717) is 37.0 Å². The van der Waals surface area contributed by atoms with Crippen molar-refractivity contribution < 1.29 is 14.4 Å². The van der Waals surface area contributed by atoms with Crippen LogP contribution in [0.1, 0.15) is 42.0 Å². The molecule has 224 valence electrons. The summed E-state index contributed by atoms with van der Waals surface area (Å²) in [6.07, 6.45) is 1.60. The van der Waals surface area contributed by atoms with E-state index in [2.05, 4.69) is 50.8 Å². The zero-order valence-electron chi connectivity index (χ0n) is 24.4. The number of para-hydroxylation sites is 1. The van der Waals surface area contributed by atoms with Gasteiger partial charge in [0.05, 0.1) is 38.1 Å². The number of hydrogen-bond acceptors (Lipinski definition) is 7. The Labute approximate surface area is 270 Å². The van der Waals surface area contributed by atoms with Gasteiger partial charge < -0.3 is 9.47 Å². The summed E-state index contributed by atoms with van der Waals surface area (Å²) < 4.78 is 14.3. The number of aryl methyl sites for hydroxylation is 1. The molecule has 0 aliphatic carbocycles. The number of benzene rings is 4. The highest BCUT2D eigenvalue weighted by atomic mass is 79.9. The molecule has 0 aliphatic rings. The van der Waals surface area contributed by atoms with Gasteiger partial charge in [-0.2, -0.15) is 9.78 Å². The molecule has 0 radical (unpaired) electrons. The Morgan fingerprint density at radius 1 is 1.05 bits per heavy atom. The SMILES string of the molecule is COc1cc(C)c(-c2nc3ccccc3c(=O)n2N=Cc2cc(Br)c(OCc3ccc([N+](=O)[O-])cc3)c(Br)c2)cc1C(C)C. The lowest BCUT2D eigenvalue weighted by Gasteiger charge is -2.17. The number of aromatic nitrogens is 2. The lowest BCUT2D eigenvalue weighted by atomic mass is 9.96. The highest BCUT2D eigenvalue weighted by molar-refractivity contribution is 9.11. The summed E-state index contributed by atoms with van der Waals surface area (Å²) in [6, 6.07) is 21.0. The predicted octanol–water partition coefficient (Wildman–Crippen LogP) is 8.40. The fourth-order valence-corrected chi connectivity index (χ4v) is 6.21. The zero-order valence-corrected chi connectivity index (χ0v) is 27.5. The molecular weight excluding hydrogens is 692 g/mol. The largest absolute Gasteiger partial charge is 0.496 e. The molecule has 44 heavy (non-hydrogen) atoms. The Bertz CT molecular complexity index is 1950. The molecule has 0 N–H and O–H groups in total. The molecule has 0 atom stereocenters. The van der Waals surface area contributed by atoms with Gasteiger partial charge in [-0.05, 0) is 115 Å². The van der Waals surface area contributed by atoms with Crippen molar-refractivity contribution in [1.82, 2.24) is 9.66 Å². The number of hydrogen-bond donors (Lipinski definition) is 0. The third-order valence-electron chi connectivity index (χ3n) is 7.07. The van der Waals surface area contributed by atoms with Crippen molar-refractivity contribution in [1.29, 1.82) is 0 Å². The minimum Gasteiger partial charge on any atom is -0.496 e. The summed E-state index contributed by atoms with van der Waals surface area (Å²) in [5, 5.41) is 16.0. The molecule has 4 aromatic carbocycles. The monoisotopic (exact) mass is 718 g/mol. The van der Waals surface area contributed by atoms with Gasteiger partial charge in [-0.25, -0.2) is 4.98 Å². The fraction of sp³-hybridized carbons (Fsp3) is 0.182. The van der Waals surface area contributed by atoms with Crippen LogP contribution in [0.15, 0.2) is 91.6 Å². The van der Waals surface area contributed by atoms with E-state index >= 15 is 0 Å². The van der Waals surface area contributed by atoms with Gasteiger partial charge in [0.2, 0.25) is 0 Å². The van der Waals surface area contributed by atoms with Crippen molar-refractivity contribution in [3.8, 4) is 22.9 Å². The van der Waals surface area contributed by atoms with E-state index < -0.39 is 4.92 Å². The summed E-state index contributed by atoms with van der Waals surface area (Å²) >= 11 is 7.15. The number of nitro benzene ring substituents is 1. The molecule has 11 heteroatoms. The summed E-state index contributed by atoms with van der Waals surface area (Å²) in [6.45, 7) is 6.35. The van der Waals surface area contributed by atoms with Crippen LogP contribution in [0.4, 0.5) is 5.69 Å². The Morgan fingerprint density at radius 2 is 1.73 bits per heavy atom. The third-order valence-corrected chi connectivity index (χ3v) is 8.24. The summed E-state index contributed by atoms with van der Waals surface area (Å²) in [5.74, 6) is 1.95. The van der Waals surface area contributed by atoms with Crippen LogP contribution in [0.25, 0.3) is 22.3 Å². The smallest absolute Gasteiger partial charge is 0.282 e. The highest BCUT2D eigenvalue weighted by Gasteiger charge is 2.18. The molecule has 1 aromatic heterocycles. The maximum atomic E-state index is 13.8. The van der Waals surface area contributed by atoms with E-state index in [1.807, 2.05) is 43.3 Å². The molecule has 5 rings (SSSR count). The van der Waals surface area contributed by atoms with Crippen molar-refractivity contribution in [2.75, 3.05) is 7.11 Å². The van der Waals surface area contributed by atoms with Gasteiger partial charge in [0, 0.05) is 17.7 Å². The molecule has 0 bridgehead atoms. The van der Waals surface area contributed by atoms with Gasteiger partial charge >= 0.3 is 0 Å². The van der Waals surface area contributed by atoms with Crippen LogP contribution in [-0.4, -0.2) is 27.9 Å². The first kappa shape index (κ1) is 31.1. The van der Waals surface area contributed by atoms with Crippen molar-refractivity contribution in [3.05, 3.63) is 124 Å². The molecule has 0 saturated heterocycles. The molecule has 0 amide bonds. The Kier molecular flexibility index (Phi) is 9.26. The van der Waals surface area contributed by atoms with E-state index in [1.165, 1.54) is 16.8 Å². The third kappa shape index (κ3) is 6.44. The summed E-state index contributed by atoms with van der Waals surface area (Å²) in [7, 11) is 1.65. The van der Waals surface area contributed by atoms with Crippen molar-refractivity contribution in [2.45, 2.75) is 33.3 Å². The van der Waals surface area contributed by atoms with Gasteiger partial charge in [-0.1, -0.05) is 26.0 Å². The Hall–Kier alpha value is -4.35. The minimum absolute atomic E-state index is 0.0196. The number of halogens is 2. The number of rotatable bonds is 9. The van der Waals surface area contributed by atoms with E-state index in [1.54, 1.807) is 37.6 Å². The highest BCUT2D eigenvalue weighted by Crippen LogP contribution is 2.36. The van der Waals surface area contributed by atoms with Gasteiger partial charge in [-0.15, -0.1) is 0 Å². The fourth-order valence-electron chi connectivity index (χ4n) is 4.76. The second kappa shape index (κ2) is 13.1. The van der Waals surface area contributed by atoms with E-state index in [0.717, 1.165) is 28.0 Å². The molecule has 1 heterocycles. The lowest BCUT2D eigenvalue weighted by Crippen LogP contribution is -2.20. The molecule has 5 aromatic rings. The second-order valence-corrected chi connectivity index (χ2v) is 12.1. The summed E-state index contributed by atoms with van der Waals surface area (Å²) in [4.78, 5) is 29.1. The quantitative estimate of drug-likeness (QED) is 0.0860. The van der Waals surface area contributed by atoms with Crippen LogP contribution in [0.2, 0.25) is 0 Å². The number of methoxy groups -OCH3 is 1. The molecule has 0 spiro atoms. The van der Waals surface area contributed by atoms with Crippen LogP contribution < -0.4 is 15.0 Å². The first-order chi connectivity index (χ1) is 21.1. The number of fused-ring (bicyclic) bond motifs is 1. The maximum absolute atomic E-state index is 13.8.